The van der Waals surface area contributed by atoms with Crippen molar-refractivity contribution in [1.29, 1.82) is 0 Å². The average molecular weight is 521 g/mol. The van der Waals surface area contributed by atoms with E-state index in [0.29, 0.717) is 24.2 Å². The predicted molar refractivity (Wildman–Crippen MR) is 128 cm³/mol. The lowest BCUT2D eigenvalue weighted by molar-refractivity contribution is -0.139. The fourth-order valence-electron chi connectivity index (χ4n) is 4.57. The molecule has 1 aliphatic rings. The maximum atomic E-state index is 14.0. The highest BCUT2D eigenvalue weighted by molar-refractivity contribution is 7.90. The molecule has 0 saturated carbocycles. The number of anilines is 1. The molecule has 3 aromatic rings. The molecule has 0 radical (unpaired) electrons. The van der Waals surface area contributed by atoms with Crippen LogP contribution in [-0.2, 0) is 32.2 Å². The van der Waals surface area contributed by atoms with Gasteiger partial charge in [0.25, 0.3) is 0 Å². The van der Waals surface area contributed by atoms with Crippen molar-refractivity contribution in [2.24, 2.45) is 0 Å². The molecule has 0 spiro atoms. The van der Waals surface area contributed by atoms with Crippen LogP contribution >= 0.6 is 0 Å². The van der Waals surface area contributed by atoms with E-state index in [4.69, 9.17) is 0 Å². The molecule has 7 nitrogen and oxygen atoms in total. The van der Waals surface area contributed by atoms with Crippen molar-refractivity contribution in [2.45, 2.75) is 37.6 Å². The minimum atomic E-state index is -4.66. The van der Waals surface area contributed by atoms with E-state index in [1.165, 1.54) is 19.9 Å². The molecule has 1 aliphatic heterocycles. The fraction of sp³-hybridized carbons (Fsp3) is 0.280. The smallest absolute Gasteiger partial charge is 0.416 e. The zero-order valence-electron chi connectivity index (χ0n) is 19.4. The van der Waals surface area contributed by atoms with E-state index >= 15 is 0 Å². The number of benzene rings is 2. The van der Waals surface area contributed by atoms with E-state index in [1.54, 1.807) is 23.1 Å². The number of nitrogens with zero attached hydrogens (tertiary/aromatic N) is 2. The van der Waals surface area contributed by atoms with E-state index in [1.807, 2.05) is 0 Å². The number of halogens is 3. The van der Waals surface area contributed by atoms with E-state index in [2.05, 4.69) is 6.58 Å². The van der Waals surface area contributed by atoms with Crippen molar-refractivity contribution >= 4 is 38.5 Å². The van der Waals surface area contributed by atoms with Crippen molar-refractivity contribution in [3.63, 3.8) is 0 Å². The fourth-order valence-corrected chi connectivity index (χ4v) is 6.47. The van der Waals surface area contributed by atoms with Crippen LogP contribution in [0.4, 0.5) is 18.9 Å². The van der Waals surface area contributed by atoms with Gasteiger partial charge in [-0.3, -0.25) is 9.59 Å². The molecule has 2 atom stereocenters. The summed E-state index contributed by atoms with van der Waals surface area (Å²) in [6.07, 6.45) is -2.93. The van der Waals surface area contributed by atoms with Crippen molar-refractivity contribution in [3.8, 4) is 0 Å². The molecular formula is C25H23F3N2O5S. The number of alkyl halides is 3. The number of fused-ring (bicyclic) bond motifs is 2. The van der Waals surface area contributed by atoms with E-state index in [-0.39, 0.29) is 22.5 Å². The molecule has 0 saturated heterocycles. The zero-order chi connectivity index (χ0) is 26.6. The quantitative estimate of drug-likeness (QED) is 0.468. The van der Waals surface area contributed by atoms with Crippen LogP contribution in [0.5, 0.6) is 0 Å². The number of aromatic nitrogens is 1. The Hall–Kier alpha value is -3.60. The molecule has 0 fully saturated rings. The Balaban J connectivity index is 1.90. The predicted octanol–water partition coefficient (Wildman–Crippen LogP) is 4.86. The maximum absolute atomic E-state index is 14.0. The number of amides is 1. The Morgan fingerprint density at radius 3 is 2.42 bits per heavy atom. The molecule has 11 heteroatoms. The Morgan fingerprint density at radius 2 is 1.83 bits per heavy atom. The summed E-state index contributed by atoms with van der Waals surface area (Å²) in [6, 6.07) is 8.62. The topological polar surface area (TPSA) is 96.7 Å². The van der Waals surface area contributed by atoms with Gasteiger partial charge in [-0.25, -0.2) is 12.4 Å². The summed E-state index contributed by atoms with van der Waals surface area (Å²) in [5, 5.41) is 8.20. The summed E-state index contributed by atoms with van der Waals surface area (Å²) >= 11 is 0. The second kappa shape index (κ2) is 8.81. The Kier molecular flexibility index (Phi) is 6.24. The summed E-state index contributed by atoms with van der Waals surface area (Å²) in [6.45, 7) is 6.83. The molecule has 36 heavy (non-hydrogen) atoms. The van der Waals surface area contributed by atoms with Crippen molar-refractivity contribution in [1.82, 2.24) is 3.97 Å². The first-order valence-corrected chi connectivity index (χ1v) is 12.5. The third-order valence-electron chi connectivity index (χ3n) is 6.42. The lowest BCUT2D eigenvalue weighted by Crippen LogP contribution is -2.26. The van der Waals surface area contributed by atoms with Gasteiger partial charge in [-0.15, -0.1) is 6.58 Å². The Labute approximate surface area is 205 Å². The normalized spacial score (nSPS) is 15.5. The summed E-state index contributed by atoms with van der Waals surface area (Å²) in [5.74, 6) is -2.79. The van der Waals surface area contributed by atoms with Gasteiger partial charge in [-0.2, -0.15) is 13.2 Å². The summed E-state index contributed by atoms with van der Waals surface area (Å²) in [5.41, 5.74) is 0.577. The summed E-state index contributed by atoms with van der Waals surface area (Å²) < 4.78 is 68.5. The first-order chi connectivity index (χ1) is 16.8. The SMILES string of the molecule is C=CC(c1ccc2c(c1)CCN2C(C)=O)S(=O)(=O)n1c(C(C)C(=O)O)cc2cc(C(F)(F)F)ccc21. The number of carbonyl (C=O) groups is 2. The highest BCUT2D eigenvalue weighted by Crippen LogP contribution is 2.38. The van der Waals surface area contributed by atoms with Gasteiger partial charge in [0.2, 0.25) is 15.9 Å². The molecular weight excluding hydrogens is 497 g/mol. The number of hydrogen-bond acceptors (Lipinski definition) is 4. The minimum Gasteiger partial charge on any atom is -0.481 e. The largest absolute Gasteiger partial charge is 0.481 e. The molecule has 1 N–H and O–H groups in total. The molecule has 1 amide bonds. The van der Waals surface area contributed by atoms with Crippen molar-refractivity contribution in [3.05, 3.63) is 77.5 Å². The van der Waals surface area contributed by atoms with Gasteiger partial charge in [0, 0.05) is 30.2 Å². The molecule has 2 unspecified atom stereocenters. The monoisotopic (exact) mass is 520 g/mol. The van der Waals surface area contributed by atoms with Gasteiger partial charge < -0.3 is 10.0 Å². The first-order valence-electron chi connectivity index (χ1n) is 11.0. The number of carbonyl (C=O) groups excluding carboxylic acids is 1. The van der Waals surface area contributed by atoms with Gasteiger partial charge in [-0.05, 0) is 54.8 Å². The van der Waals surface area contributed by atoms with Gasteiger partial charge in [0.1, 0.15) is 5.25 Å². The molecule has 0 aliphatic carbocycles. The second-order valence-corrected chi connectivity index (χ2v) is 10.6. The van der Waals surface area contributed by atoms with Gasteiger partial charge in [0.15, 0.2) is 0 Å². The number of carboxylic acid groups (broad SMARTS) is 1. The maximum Gasteiger partial charge on any atom is 0.416 e. The Bertz CT molecular complexity index is 1510. The van der Waals surface area contributed by atoms with Crippen LogP contribution in [0.25, 0.3) is 10.9 Å². The van der Waals surface area contributed by atoms with Crippen LogP contribution < -0.4 is 4.90 Å². The molecule has 2 heterocycles. The molecule has 1 aromatic heterocycles. The third kappa shape index (κ3) is 4.17. The number of aliphatic carboxylic acids is 1. The Morgan fingerprint density at radius 1 is 1.14 bits per heavy atom. The van der Waals surface area contributed by atoms with Crippen molar-refractivity contribution < 1.29 is 36.3 Å². The van der Waals surface area contributed by atoms with Crippen LogP contribution in [0, 0.1) is 0 Å². The average Bonchev–Trinajstić information content (AvgIpc) is 3.39. The van der Waals surface area contributed by atoms with Crippen LogP contribution in [0.2, 0.25) is 0 Å². The van der Waals surface area contributed by atoms with Gasteiger partial charge in [0.05, 0.1) is 17.0 Å². The van der Waals surface area contributed by atoms with Gasteiger partial charge >= 0.3 is 12.1 Å². The van der Waals surface area contributed by atoms with Crippen LogP contribution in [0.3, 0.4) is 0 Å². The van der Waals surface area contributed by atoms with Crippen LogP contribution in [0.1, 0.15) is 47.4 Å². The summed E-state index contributed by atoms with van der Waals surface area (Å²) in [7, 11) is -4.42. The lowest BCUT2D eigenvalue weighted by atomic mass is 10.1. The minimum absolute atomic E-state index is 0.0506. The third-order valence-corrected chi connectivity index (χ3v) is 8.45. The van der Waals surface area contributed by atoms with Crippen LogP contribution in [-0.4, -0.2) is 35.9 Å². The number of carboxylic acids is 1. The summed E-state index contributed by atoms with van der Waals surface area (Å²) in [4.78, 5) is 25.2. The van der Waals surface area contributed by atoms with E-state index in [0.717, 1.165) is 33.8 Å². The molecule has 4 rings (SSSR count). The van der Waals surface area contributed by atoms with Crippen molar-refractivity contribution in [2.75, 3.05) is 11.4 Å². The first kappa shape index (κ1) is 25.5. The lowest BCUT2D eigenvalue weighted by Gasteiger charge is -2.21. The standard InChI is InChI=1S/C25H23F3N2O5S/c1-4-23(17-5-7-20-16(11-17)9-10-29(20)15(3)31)36(34,35)30-21-8-6-19(25(26,27)28)12-18(21)13-22(30)14(2)24(32)33/h4-8,11-14,23H,1,9-10H2,2-3H3,(H,32,33). The highest BCUT2D eigenvalue weighted by atomic mass is 32.2. The van der Waals surface area contributed by atoms with E-state index < -0.39 is 38.9 Å². The molecule has 2 aromatic carbocycles. The molecule has 190 valence electrons. The number of rotatable bonds is 6. The van der Waals surface area contributed by atoms with Crippen LogP contribution in [0.15, 0.2) is 55.1 Å². The highest BCUT2D eigenvalue weighted by Gasteiger charge is 2.36. The van der Waals surface area contributed by atoms with Gasteiger partial charge in [-0.1, -0.05) is 18.2 Å². The number of hydrogen-bond donors (Lipinski definition) is 1. The second-order valence-electron chi connectivity index (χ2n) is 8.67. The van der Waals surface area contributed by atoms with E-state index in [9.17, 15) is 36.3 Å². The zero-order valence-corrected chi connectivity index (χ0v) is 20.2. The molecule has 0 bridgehead atoms.